The second-order valence-corrected chi connectivity index (χ2v) is 2.83. The molecule has 2 N–H and O–H groups in total. The van der Waals surface area contributed by atoms with E-state index < -0.39 is 5.91 Å². The third kappa shape index (κ3) is 2.25. The van der Waals surface area contributed by atoms with E-state index in [-0.39, 0.29) is 11.7 Å². The molecule has 0 aromatic carbocycles. The van der Waals surface area contributed by atoms with Gasteiger partial charge in [-0.2, -0.15) is 0 Å². The number of rotatable bonds is 3. The molecule has 1 rings (SSSR count). The molecule has 13 heavy (non-hydrogen) atoms. The van der Waals surface area contributed by atoms with Gasteiger partial charge in [0, 0.05) is 5.92 Å². The fourth-order valence-electron chi connectivity index (χ4n) is 0.772. The number of carbonyl (C=O) groups is 1. The Morgan fingerprint density at radius 2 is 2.31 bits per heavy atom. The number of aromatic amines is 1. The van der Waals surface area contributed by atoms with Crippen molar-refractivity contribution in [2.75, 3.05) is 7.11 Å². The minimum Gasteiger partial charge on any atom is -0.277 e. The maximum Gasteiger partial charge on any atom is 0.314 e. The number of aromatic nitrogens is 3. The van der Waals surface area contributed by atoms with Crippen molar-refractivity contribution < 1.29 is 9.63 Å². The molecule has 0 aliphatic rings. The number of nitrogens with zero attached hydrogens (tertiary/aromatic N) is 2. The minimum absolute atomic E-state index is 0.0885. The van der Waals surface area contributed by atoms with Gasteiger partial charge in [0.25, 0.3) is 0 Å². The predicted octanol–water partition coefficient (Wildman–Crippen LogP) is 0.219. The van der Waals surface area contributed by atoms with E-state index in [1.807, 2.05) is 13.8 Å². The second kappa shape index (κ2) is 3.99. The third-order valence-corrected chi connectivity index (χ3v) is 1.45. The molecule has 1 heterocycles. The van der Waals surface area contributed by atoms with E-state index in [0.717, 1.165) is 0 Å². The van der Waals surface area contributed by atoms with Crippen LogP contribution in [0.4, 0.5) is 0 Å². The number of hydroxylamine groups is 1. The lowest BCUT2D eigenvalue weighted by Gasteiger charge is -1.96. The van der Waals surface area contributed by atoms with Crippen molar-refractivity contribution in [1.82, 2.24) is 20.7 Å². The van der Waals surface area contributed by atoms with Gasteiger partial charge in [0.2, 0.25) is 5.82 Å². The van der Waals surface area contributed by atoms with Crippen molar-refractivity contribution in [2.24, 2.45) is 0 Å². The van der Waals surface area contributed by atoms with Crippen LogP contribution in [0.15, 0.2) is 0 Å². The van der Waals surface area contributed by atoms with Gasteiger partial charge in [-0.15, -0.1) is 5.10 Å². The average molecular weight is 184 g/mol. The summed E-state index contributed by atoms with van der Waals surface area (Å²) in [6, 6.07) is 0. The molecular weight excluding hydrogens is 172 g/mol. The molecule has 1 aromatic heterocycles. The molecule has 0 aliphatic heterocycles. The lowest BCUT2D eigenvalue weighted by Crippen LogP contribution is -2.23. The van der Waals surface area contributed by atoms with Gasteiger partial charge in [0.15, 0.2) is 0 Å². The summed E-state index contributed by atoms with van der Waals surface area (Å²) < 4.78 is 0. The van der Waals surface area contributed by atoms with Gasteiger partial charge in [-0.1, -0.05) is 13.8 Å². The highest BCUT2D eigenvalue weighted by Gasteiger charge is 2.13. The summed E-state index contributed by atoms with van der Waals surface area (Å²) in [7, 11) is 1.36. The first-order chi connectivity index (χ1) is 6.15. The summed E-state index contributed by atoms with van der Waals surface area (Å²) in [6.07, 6.45) is 0. The Morgan fingerprint density at radius 1 is 1.62 bits per heavy atom. The van der Waals surface area contributed by atoms with Crippen molar-refractivity contribution in [3.8, 4) is 0 Å². The van der Waals surface area contributed by atoms with Crippen LogP contribution in [0.5, 0.6) is 0 Å². The molecule has 0 saturated heterocycles. The normalized spacial score (nSPS) is 10.5. The molecule has 0 radical (unpaired) electrons. The summed E-state index contributed by atoms with van der Waals surface area (Å²) in [5, 5.41) is 6.39. The molecule has 0 fully saturated rings. The molecule has 0 spiro atoms. The molecule has 0 bridgehead atoms. The first kappa shape index (κ1) is 9.66. The molecule has 0 aliphatic carbocycles. The van der Waals surface area contributed by atoms with Crippen LogP contribution in [0.25, 0.3) is 0 Å². The van der Waals surface area contributed by atoms with Crippen LogP contribution in [-0.4, -0.2) is 28.2 Å². The average Bonchev–Trinajstić information content (AvgIpc) is 2.52. The van der Waals surface area contributed by atoms with Crippen LogP contribution >= 0.6 is 0 Å². The SMILES string of the molecule is CONC(=O)c1n[nH]c(C(C)C)n1. The van der Waals surface area contributed by atoms with Gasteiger partial charge in [-0.25, -0.2) is 10.5 Å². The monoisotopic (exact) mass is 184 g/mol. The fourth-order valence-corrected chi connectivity index (χ4v) is 0.772. The highest BCUT2D eigenvalue weighted by Crippen LogP contribution is 2.07. The Hall–Kier alpha value is -1.43. The number of nitrogens with one attached hydrogen (secondary N) is 2. The van der Waals surface area contributed by atoms with Crippen LogP contribution in [0.3, 0.4) is 0 Å². The number of hydrogen-bond acceptors (Lipinski definition) is 4. The highest BCUT2D eigenvalue weighted by molar-refractivity contribution is 5.89. The Morgan fingerprint density at radius 3 is 2.77 bits per heavy atom. The number of H-pyrrole nitrogens is 1. The zero-order chi connectivity index (χ0) is 9.84. The van der Waals surface area contributed by atoms with E-state index in [0.29, 0.717) is 5.82 Å². The third-order valence-electron chi connectivity index (χ3n) is 1.45. The summed E-state index contributed by atoms with van der Waals surface area (Å²) >= 11 is 0. The minimum atomic E-state index is -0.453. The molecule has 0 unspecified atom stereocenters. The molecule has 6 nitrogen and oxygen atoms in total. The number of hydrogen-bond donors (Lipinski definition) is 2. The van der Waals surface area contributed by atoms with Crippen molar-refractivity contribution in [3.63, 3.8) is 0 Å². The maximum absolute atomic E-state index is 11.1. The van der Waals surface area contributed by atoms with E-state index in [2.05, 4.69) is 25.5 Å². The quantitative estimate of drug-likeness (QED) is 0.658. The fraction of sp³-hybridized carbons (Fsp3) is 0.571. The van der Waals surface area contributed by atoms with Crippen LogP contribution in [-0.2, 0) is 4.84 Å². The van der Waals surface area contributed by atoms with Gasteiger partial charge in [0.05, 0.1) is 7.11 Å². The molecule has 0 atom stereocenters. The maximum atomic E-state index is 11.1. The van der Waals surface area contributed by atoms with Gasteiger partial charge in [-0.3, -0.25) is 14.7 Å². The largest absolute Gasteiger partial charge is 0.314 e. The zero-order valence-electron chi connectivity index (χ0n) is 7.79. The van der Waals surface area contributed by atoms with Crippen molar-refractivity contribution in [3.05, 3.63) is 11.6 Å². The Kier molecular flexibility index (Phi) is 2.97. The molecular formula is C7H12N4O2. The lowest BCUT2D eigenvalue weighted by molar-refractivity contribution is 0.0527. The van der Waals surface area contributed by atoms with Crippen molar-refractivity contribution >= 4 is 5.91 Å². The van der Waals surface area contributed by atoms with E-state index in [9.17, 15) is 4.79 Å². The molecule has 72 valence electrons. The Labute approximate surface area is 75.7 Å². The lowest BCUT2D eigenvalue weighted by atomic mass is 10.2. The van der Waals surface area contributed by atoms with Crippen molar-refractivity contribution in [2.45, 2.75) is 19.8 Å². The van der Waals surface area contributed by atoms with Crippen LogP contribution in [0.2, 0.25) is 0 Å². The van der Waals surface area contributed by atoms with E-state index in [1.165, 1.54) is 7.11 Å². The molecule has 0 saturated carbocycles. The molecule has 6 heteroatoms. The van der Waals surface area contributed by atoms with E-state index in [4.69, 9.17) is 0 Å². The number of amides is 1. The van der Waals surface area contributed by atoms with Crippen LogP contribution in [0, 0.1) is 0 Å². The van der Waals surface area contributed by atoms with Crippen molar-refractivity contribution in [1.29, 1.82) is 0 Å². The second-order valence-electron chi connectivity index (χ2n) is 2.83. The summed E-state index contributed by atoms with van der Waals surface area (Å²) in [6.45, 7) is 3.91. The molecule has 1 amide bonds. The standard InChI is InChI=1S/C7H12N4O2/c1-4(2)5-8-6(10-9-5)7(12)11-13-3/h4H,1-3H3,(H,11,12)(H,8,9,10). The van der Waals surface area contributed by atoms with Gasteiger partial charge >= 0.3 is 5.91 Å². The first-order valence-electron chi connectivity index (χ1n) is 3.90. The predicted molar refractivity (Wildman–Crippen MR) is 44.9 cm³/mol. The Bertz CT molecular complexity index is 294. The Balaban J connectivity index is 2.73. The summed E-state index contributed by atoms with van der Waals surface area (Å²) in [5.41, 5.74) is 2.13. The van der Waals surface area contributed by atoms with E-state index >= 15 is 0 Å². The summed E-state index contributed by atoms with van der Waals surface area (Å²) in [5.74, 6) is 0.536. The number of carbonyl (C=O) groups excluding carboxylic acids is 1. The van der Waals surface area contributed by atoms with Gasteiger partial charge in [0.1, 0.15) is 5.82 Å². The molecule has 1 aromatic rings. The topological polar surface area (TPSA) is 79.9 Å². The summed E-state index contributed by atoms with van der Waals surface area (Å²) in [4.78, 5) is 19.5. The van der Waals surface area contributed by atoms with E-state index in [1.54, 1.807) is 0 Å². The van der Waals surface area contributed by atoms with Crippen LogP contribution < -0.4 is 5.48 Å². The smallest absolute Gasteiger partial charge is 0.277 e. The van der Waals surface area contributed by atoms with Gasteiger partial charge < -0.3 is 0 Å². The van der Waals surface area contributed by atoms with Crippen LogP contribution in [0.1, 0.15) is 36.2 Å². The highest BCUT2D eigenvalue weighted by atomic mass is 16.6. The zero-order valence-corrected chi connectivity index (χ0v) is 7.79. The van der Waals surface area contributed by atoms with Gasteiger partial charge in [-0.05, 0) is 0 Å². The first-order valence-corrected chi connectivity index (χ1v) is 3.90.